The number of rotatable bonds is 3. The highest BCUT2D eigenvalue weighted by molar-refractivity contribution is 5.87. The van der Waals surface area contributed by atoms with Gasteiger partial charge in [0, 0.05) is 20.1 Å². The number of aryl methyl sites for hydroxylation is 2. The molecule has 9 heteroatoms. The van der Waals surface area contributed by atoms with E-state index >= 15 is 0 Å². The first-order valence-corrected chi connectivity index (χ1v) is 7.89. The Labute approximate surface area is 138 Å². The predicted octanol–water partition coefficient (Wildman–Crippen LogP) is 0.552. The van der Waals surface area contributed by atoms with Crippen molar-refractivity contribution in [2.45, 2.75) is 32.4 Å². The van der Waals surface area contributed by atoms with Crippen molar-refractivity contribution in [2.24, 2.45) is 7.05 Å². The Bertz CT molecular complexity index is 900. The molecule has 1 fully saturated rings. The molecule has 24 heavy (non-hydrogen) atoms. The lowest BCUT2D eigenvalue weighted by atomic mass is 10.1. The van der Waals surface area contributed by atoms with Gasteiger partial charge in [-0.2, -0.15) is 5.10 Å². The molecule has 4 rings (SSSR count). The molecule has 1 saturated heterocycles. The summed E-state index contributed by atoms with van der Waals surface area (Å²) in [5.41, 5.74) is 0.437. The molecule has 0 bridgehead atoms. The van der Waals surface area contributed by atoms with Gasteiger partial charge in [-0.25, -0.2) is 14.6 Å². The van der Waals surface area contributed by atoms with Crippen molar-refractivity contribution in [3.63, 3.8) is 0 Å². The third-order valence-corrected chi connectivity index (χ3v) is 4.36. The minimum absolute atomic E-state index is 0.218. The van der Waals surface area contributed by atoms with Crippen LogP contribution in [0.1, 0.15) is 31.4 Å². The Morgan fingerprint density at radius 3 is 2.67 bits per heavy atom. The lowest BCUT2D eigenvalue weighted by Crippen LogP contribution is -2.48. The Morgan fingerprint density at radius 1 is 1.25 bits per heavy atom. The van der Waals surface area contributed by atoms with Crippen LogP contribution in [0, 0.1) is 6.92 Å². The first kappa shape index (κ1) is 15.0. The highest BCUT2D eigenvalue weighted by Gasteiger charge is 2.33. The number of fused-ring (bicyclic) bond motifs is 1. The van der Waals surface area contributed by atoms with Crippen molar-refractivity contribution < 1.29 is 5.11 Å². The van der Waals surface area contributed by atoms with E-state index in [0.29, 0.717) is 5.69 Å². The largest absolute Gasteiger partial charge is 0.384 e. The summed E-state index contributed by atoms with van der Waals surface area (Å²) in [7, 11) is 1.88. The van der Waals surface area contributed by atoms with E-state index in [4.69, 9.17) is 0 Å². The maximum Gasteiger partial charge on any atom is 0.163 e. The van der Waals surface area contributed by atoms with Gasteiger partial charge in [-0.15, -0.1) is 5.10 Å². The predicted molar refractivity (Wildman–Crippen MR) is 87.6 cm³/mol. The summed E-state index contributed by atoms with van der Waals surface area (Å²) >= 11 is 0. The standard InChI is InChI=1S/C15H20N8O/c1-9-17-13-11(5-16-21(13)4)14(18-9)22-6-10(7-22)23-8-12(19-20-23)15(2,3)24/h5,8,10,24H,6-7H2,1-4H3. The summed E-state index contributed by atoms with van der Waals surface area (Å²) < 4.78 is 3.58. The van der Waals surface area contributed by atoms with Crippen LogP contribution in [-0.4, -0.2) is 52.9 Å². The van der Waals surface area contributed by atoms with Gasteiger partial charge in [0.15, 0.2) is 5.65 Å². The van der Waals surface area contributed by atoms with Crippen LogP contribution < -0.4 is 4.90 Å². The Balaban J connectivity index is 1.57. The van der Waals surface area contributed by atoms with Crippen molar-refractivity contribution in [3.8, 4) is 0 Å². The molecule has 3 aromatic rings. The lowest BCUT2D eigenvalue weighted by Gasteiger charge is -2.40. The third-order valence-electron chi connectivity index (χ3n) is 4.36. The zero-order valence-electron chi connectivity index (χ0n) is 14.2. The fourth-order valence-electron chi connectivity index (χ4n) is 2.89. The number of aliphatic hydroxyl groups is 1. The second-order valence-electron chi connectivity index (χ2n) is 6.80. The molecule has 1 aliphatic heterocycles. The number of hydrogen-bond acceptors (Lipinski definition) is 7. The fourth-order valence-corrected chi connectivity index (χ4v) is 2.89. The zero-order valence-corrected chi connectivity index (χ0v) is 14.2. The monoisotopic (exact) mass is 328 g/mol. The summed E-state index contributed by atoms with van der Waals surface area (Å²) in [5.74, 6) is 1.64. The van der Waals surface area contributed by atoms with E-state index in [0.717, 1.165) is 35.8 Å². The molecule has 4 heterocycles. The third kappa shape index (κ3) is 2.32. The SMILES string of the molecule is Cc1nc(N2CC(n3cc(C(C)(C)O)nn3)C2)c2cnn(C)c2n1. The molecule has 0 radical (unpaired) electrons. The van der Waals surface area contributed by atoms with Crippen molar-refractivity contribution in [1.29, 1.82) is 0 Å². The first-order chi connectivity index (χ1) is 11.3. The maximum absolute atomic E-state index is 10.0. The van der Waals surface area contributed by atoms with Crippen molar-refractivity contribution >= 4 is 16.9 Å². The van der Waals surface area contributed by atoms with Gasteiger partial charge in [0.25, 0.3) is 0 Å². The van der Waals surface area contributed by atoms with E-state index < -0.39 is 5.60 Å². The highest BCUT2D eigenvalue weighted by Crippen LogP contribution is 2.31. The summed E-state index contributed by atoms with van der Waals surface area (Å²) in [6.07, 6.45) is 3.62. The van der Waals surface area contributed by atoms with Gasteiger partial charge in [-0.1, -0.05) is 5.21 Å². The Morgan fingerprint density at radius 2 is 2.00 bits per heavy atom. The maximum atomic E-state index is 10.0. The molecule has 1 aliphatic rings. The summed E-state index contributed by atoms with van der Waals surface area (Å²) in [6.45, 7) is 6.87. The number of anilines is 1. The first-order valence-electron chi connectivity index (χ1n) is 7.89. The Hall–Kier alpha value is -2.55. The molecule has 0 aromatic carbocycles. The second kappa shape index (κ2) is 4.97. The van der Waals surface area contributed by atoms with Gasteiger partial charge >= 0.3 is 0 Å². The van der Waals surface area contributed by atoms with Crippen molar-refractivity contribution in [1.82, 2.24) is 34.7 Å². The van der Waals surface area contributed by atoms with Crippen LogP contribution in [0.2, 0.25) is 0 Å². The van der Waals surface area contributed by atoms with Crippen LogP contribution >= 0.6 is 0 Å². The van der Waals surface area contributed by atoms with Crippen LogP contribution in [0.3, 0.4) is 0 Å². The molecule has 3 aromatic heterocycles. The lowest BCUT2D eigenvalue weighted by molar-refractivity contribution is 0.0737. The minimum Gasteiger partial charge on any atom is -0.384 e. The second-order valence-corrected chi connectivity index (χ2v) is 6.80. The van der Waals surface area contributed by atoms with E-state index in [1.165, 1.54) is 0 Å². The van der Waals surface area contributed by atoms with Gasteiger partial charge < -0.3 is 10.0 Å². The minimum atomic E-state index is -0.979. The van der Waals surface area contributed by atoms with E-state index in [1.807, 2.05) is 24.9 Å². The summed E-state index contributed by atoms with van der Waals surface area (Å²) in [4.78, 5) is 11.2. The van der Waals surface area contributed by atoms with E-state index in [9.17, 15) is 5.11 Å². The molecule has 0 atom stereocenters. The van der Waals surface area contributed by atoms with E-state index in [1.54, 1.807) is 24.7 Å². The van der Waals surface area contributed by atoms with E-state index in [2.05, 4.69) is 30.3 Å². The van der Waals surface area contributed by atoms with Gasteiger partial charge in [0.1, 0.15) is 22.9 Å². The molecular weight excluding hydrogens is 308 g/mol. The summed E-state index contributed by atoms with van der Waals surface area (Å²) in [6, 6.07) is 0.218. The number of nitrogens with zero attached hydrogens (tertiary/aromatic N) is 8. The topological polar surface area (TPSA) is 97.8 Å². The van der Waals surface area contributed by atoms with Crippen molar-refractivity contribution in [2.75, 3.05) is 18.0 Å². The van der Waals surface area contributed by atoms with Gasteiger partial charge in [0.2, 0.25) is 0 Å². The average Bonchev–Trinajstić information content (AvgIpc) is 3.05. The molecule has 0 spiro atoms. The van der Waals surface area contributed by atoms with Crippen LogP contribution in [0.5, 0.6) is 0 Å². The van der Waals surface area contributed by atoms with Crippen molar-refractivity contribution in [3.05, 3.63) is 23.9 Å². The summed E-state index contributed by atoms with van der Waals surface area (Å²) in [5, 5.41) is 23.4. The fraction of sp³-hybridized carbons (Fsp3) is 0.533. The van der Waals surface area contributed by atoms with Crippen LogP contribution in [-0.2, 0) is 12.6 Å². The molecule has 0 aliphatic carbocycles. The molecule has 9 nitrogen and oxygen atoms in total. The molecule has 0 amide bonds. The zero-order chi connectivity index (χ0) is 17.1. The van der Waals surface area contributed by atoms with Gasteiger partial charge in [-0.3, -0.25) is 4.68 Å². The highest BCUT2D eigenvalue weighted by atomic mass is 16.3. The Kier molecular flexibility index (Phi) is 3.11. The van der Waals surface area contributed by atoms with Crippen LogP contribution in [0.25, 0.3) is 11.0 Å². The average molecular weight is 328 g/mol. The van der Waals surface area contributed by atoms with Crippen LogP contribution in [0.15, 0.2) is 12.4 Å². The number of hydrogen-bond donors (Lipinski definition) is 1. The van der Waals surface area contributed by atoms with Gasteiger partial charge in [0.05, 0.1) is 23.8 Å². The molecule has 0 unspecified atom stereocenters. The molecule has 1 N–H and O–H groups in total. The molecule has 126 valence electrons. The number of aromatic nitrogens is 7. The normalized spacial score (nSPS) is 16.0. The molecule has 0 saturated carbocycles. The smallest absolute Gasteiger partial charge is 0.163 e. The molecular formula is C15H20N8O. The van der Waals surface area contributed by atoms with Crippen LogP contribution in [0.4, 0.5) is 5.82 Å². The van der Waals surface area contributed by atoms with Gasteiger partial charge in [-0.05, 0) is 20.8 Å². The quantitative estimate of drug-likeness (QED) is 0.750. The van der Waals surface area contributed by atoms with E-state index in [-0.39, 0.29) is 6.04 Å².